The summed E-state index contributed by atoms with van der Waals surface area (Å²) >= 11 is 7.24. The smallest absolute Gasteiger partial charge is 0.138 e. The highest BCUT2D eigenvalue weighted by molar-refractivity contribution is 7.98. The Morgan fingerprint density at radius 3 is 3.24 bits per heavy atom. The van der Waals surface area contributed by atoms with Gasteiger partial charge in [-0.1, -0.05) is 12.2 Å². The van der Waals surface area contributed by atoms with Crippen molar-refractivity contribution in [3.8, 4) is 0 Å². The second-order valence-electron chi connectivity index (χ2n) is 4.50. The van der Waals surface area contributed by atoms with Crippen molar-refractivity contribution in [1.82, 2.24) is 14.9 Å². The zero-order chi connectivity index (χ0) is 11.8. The van der Waals surface area contributed by atoms with Crippen molar-refractivity contribution < 1.29 is 4.74 Å². The summed E-state index contributed by atoms with van der Waals surface area (Å²) in [5, 5.41) is 0. The van der Waals surface area contributed by atoms with Crippen LogP contribution in [0, 0.1) is 4.64 Å². The minimum Gasteiger partial charge on any atom is -0.368 e. The highest BCUT2D eigenvalue weighted by Gasteiger charge is 2.24. The molecule has 0 radical (unpaired) electrons. The summed E-state index contributed by atoms with van der Waals surface area (Å²) in [6.45, 7) is 2.62. The number of hydrogen-bond acceptors (Lipinski definition) is 5. The SMILES string of the molecule is CN1CCOC(c2nc(=S)c3c([nH]2)CSC3)C1. The molecular formula is C11H15N3OS2. The monoisotopic (exact) mass is 269 g/mol. The third-order valence-electron chi connectivity index (χ3n) is 3.19. The summed E-state index contributed by atoms with van der Waals surface area (Å²) in [7, 11) is 2.10. The van der Waals surface area contributed by atoms with Gasteiger partial charge in [0.1, 0.15) is 16.6 Å². The Morgan fingerprint density at radius 1 is 1.53 bits per heavy atom. The zero-order valence-corrected chi connectivity index (χ0v) is 11.4. The first-order chi connectivity index (χ1) is 8.24. The molecule has 0 aliphatic carbocycles. The van der Waals surface area contributed by atoms with Crippen molar-refractivity contribution in [3.05, 3.63) is 21.7 Å². The molecule has 3 rings (SSSR count). The third-order valence-corrected chi connectivity index (χ3v) is 4.51. The fraction of sp³-hybridized carbons (Fsp3) is 0.636. The lowest BCUT2D eigenvalue weighted by atomic mass is 10.2. The van der Waals surface area contributed by atoms with Gasteiger partial charge in [0.15, 0.2) is 0 Å². The maximum Gasteiger partial charge on any atom is 0.138 e. The largest absolute Gasteiger partial charge is 0.368 e. The number of likely N-dealkylation sites (N-methyl/N-ethyl adjacent to an activating group) is 1. The summed E-state index contributed by atoms with van der Waals surface area (Å²) in [5.41, 5.74) is 2.44. The quantitative estimate of drug-likeness (QED) is 0.789. The average Bonchev–Trinajstić information content (AvgIpc) is 2.77. The van der Waals surface area contributed by atoms with Gasteiger partial charge in [-0.2, -0.15) is 11.8 Å². The number of rotatable bonds is 1. The number of nitrogens with one attached hydrogen (secondary N) is 1. The van der Waals surface area contributed by atoms with Crippen LogP contribution in [0.4, 0.5) is 0 Å². The fourth-order valence-corrected chi connectivity index (χ4v) is 3.64. The minimum absolute atomic E-state index is 0.0337. The molecule has 17 heavy (non-hydrogen) atoms. The number of H-pyrrole nitrogens is 1. The van der Waals surface area contributed by atoms with Gasteiger partial charge in [-0.05, 0) is 7.05 Å². The summed E-state index contributed by atoms with van der Waals surface area (Å²) in [6.07, 6.45) is 0.0337. The molecule has 3 heterocycles. The number of aromatic nitrogens is 2. The van der Waals surface area contributed by atoms with Gasteiger partial charge in [0.05, 0.1) is 6.61 Å². The van der Waals surface area contributed by atoms with Crippen molar-refractivity contribution in [1.29, 1.82) is 0 Å². The van der Waals surface area contributed by atoms with Gasteiger partial charge in [-0.15, -0.1) is 0 Å². The van der Waals surface area contributed by atoms with Crippen LogP contribution in [0.1, 0.15) is 23.2 Å². The maximum atomic E-state index is 5.76. The molecule has 1 fully saturated rings. The highest BCUT2D eigenvalue weighted by atomic mass is 32.2. The van der Waals surface area contributed by atoms with Crippen molar-refractivity contribution >= 4 is 24.0 Å². The molecule has 2 aliphatic heterocycles. The predicted octanol–water partition coefficient (Wildman–Crippen LogP) is 1.89. The van der Waals surface area contributed by atoms with Gasteiger partial charge in [0, 0.05) is 35.9 Å². The Kier molecular flexibility index (Phi) is 3.21. The van der Waals surface area contributed by atoms with Crippen LogP contribution in [0.25, 0.3) is 0 Å². The molecule has 1 unspecified atom stereocenters. The van der Waals surface area contributed by atoms with Gasteiger partial charge in [-0.3, -0.25) is 0 Å². The number of ether oxygens (including phenoxy) is 1. The van der Waals surface area contributed by atoms with Crippen molar-refractivity contribution in [2.45, 2.75) is 17.6 Å². The Morgan fingerprint density at radius 2 is 2.41 bits per heavy atom. The minimum atomic E-state index is 0.0337. The molecule has 2 aliphatic rings. The van der Waals surface area contributed by atoms with Crippen LogP contribution >= 0.6 is 24.0 Å². The standard InChI is InChI=1S/C11H15N3OS2/c1-14-2-3-15-9(4-14)10-12-8-6-17-5-7(8)11(16)13-10/h9H,2-6H2,1H3,(H,12,13,16). The van der Waals surface area contributed by atoms with E-state index in [0.717, 1.165) is 41.7 Å². The molecular weight excluding hydrogens is 254 g/mol. The molecule has 0 spiro atoms. The van der Waals surface area contributed by atoms with E-state index in [-0.39, 0.29) is 6.10 Å². The second-order valence-corrected chi connectivity index (χ2v) is 5.87. The number of hydrogen-bond donors (Lipinski definition) is 1. The summed E-state index contributed by atoms with van der Waals surface area (Å²) in [5.74, 6) is 2.89. The first-order valence-electron chi connectivity index (χ1n) is 5.74. The van der Waals surface area contributed by atoms with Gasteiger partial charge >= 0.3 is 0 Å². The lowest BCUT2D eigenvalue weighted by Crippen LogP contribution is -2.36. The van der Waals surface area contributed by atoms with E-state index in [9.17, 15) is 0 Å². The molecule has 6 heteroatoms. The van der Waals surface area contributed by atoms with Crippen LogP contribution < -0.4 is 0 Å². The van der Waals surface area contributed by atoms with Crippen molar-refractivity contribution in [3.63, 3.8) is 0 Å². The summed E-state index contributed by atoms with van der Waals surface area (Å²) in [4.78, 5) is 10.2. The average molecular weight is 269 g/mol. The topological polar surface area (TPSA) is 41.1 Å². The van der Waals surface area contributed by atoms with E-state index < -0.39 is 0 Å². The van der Waals surface area contributed by atoms with Gasteiger partial charge in [0.25, 0.3) is 0 Å². The lowest BCUT2D eigenvalue weighted by Gasteiger charge is -2.29. The molecule has 0 saturated carbocycles. The number of fused-ring (bicyclic) bond motifs is 1. The Bertz CT molecular complexity index is 488. The molecule has 1 N–H and O–H groups in total. The Balaban J connectivity index is 1.93. The number of morpholine rings is 1. The first-order valence-corrected chi connectivity index (χ1v) is 7.30. The zero-order valence-electron chi connectivity index (χ0n) is 9.73. The van der Waals surface area contributed by atoms with E-state index in [1.807, 2.05) is 11.8 Å². The first kappa shape index (κ1) is 11.6. The van der Waals surface area contributed by atoms with Gasteiger partial charge in [-0.25, -0.2) is 4.98 Å². The number of thioether (sulfide) groups is 1. The number of nitrogens with zero attached hydrogens (tertiary/aromatic N) is 2. The second kappa shape index (κ2) is 4.68. The molecule has 1 aromatic heterocycles. The Labute approximate surface area is 110 Å². The third kappa shape index (κ3) is 2.27. The summed E-state index contributed by atoms with van der Waals surface area (Å²) < 4.78 is 6.51. The molecule has 1 saturated heterocycles. The molecule has 92 valence electrons. The molecule has 0 bridgehead atoms. The molecule has 1 atom stereocenters. The normalized spacial score (nSPS) is 24.9. The predicted molar refractivity (Wildman–Crippen MR) is 70.6 cm³/mol. The van der Waals surface area contributed by atoms with E-state index in [1.54, 1.807) is 0 Å². The van der Waals surface area contributed by atoms with Crippen LogP contribution in [0.2, 0.25) is 0 Å². The molecule has 0 amide bonds. The van der Waals surface area contributed by atoms with Crippen molar-refractivity contribution in [2.24, 2.45) is 0 Å². The van der Waals surface area contributed by atoms with Crippen LogP contribution in [0.5, 0.6) is 0 Å². The van der Waals surface area contributed by atoms with Crippen LogP contribution in [0.15, 0.2) is 0 Å². The lowest BCUT2D eigenvalue weighted by molar-refractivity contribution is -0.0256. The maximum absolute atomic E-state index is 5.76. The summed E-state index contributed by atoms with van der Waals surface area (Å²) in [6, 6.07) is 0. The molecule has 4 nitrogen and oxygen atoms in total. The van der Waals surface area contributed by atoms with E-state index in [1.165, 1.54) is 11.3 Å². The van der Waals surface area contributed by atoms with E-state index in [0.29, 0.717) is 0 Å². The van der Waals surface area contributed by atoms with E-state index in [4.69, 9.17) is 17.0 Å². The van der Waals surface area contributed by atoms with Crippen molar-refractivity contribution in [2.75, 3.05) is 26.7 Å². The van der Waals surface area contributed by atoms with Gasteiger partial charge < -0.3 is 14.6 Å². The molecule has 0 aromatic carbocycles. The van der Waals surface area contributed by atoms with E-state index in [2.05, 4.69) is 21.9 Å². The van der Waals surface area contributed by atoms with Crippen LogP contribution in [-0.2, 0) is 16.2 Å². The number of aromatic amines is 1. The van der Waals surface area contributed by atoms with Crippen LogP contribution in [0.3, 0.4) is 0 Å². The van der Waals surface area contributed by atoms with Gasteiger partial charge in [0.2, 0.25) is 0 Å². The van der Waals surface area contributed by atoms with Crippen LogP contribution in [-0.4, -0.2) is 41.6 Å². The molecule has 1 aromatic rings. The Hall–Kier alpha value is -0.430. The van der Waals surface area contributed by atoms with E-state index >= 15 is 0 Å². The fourth-order valence-electron chi connectivity index (χ4n) is 2.19. The highest BCUT2D eigenvalue weighted by Crippen LogP contribution is 2.30.